The van der Waals surface area contributed by atoms with Crippen molar-refractivity contribution in [3.05, 3.63) is 46.1 Å². The number of aromatic nitrogens is 4. The van der Waals surface area contributed by atoms with Crippen molar-refractivity contribution < 1.29 is 4.74 Å². The van der Waals surface area contributed by atoms with Gasteiger partial charge in [-0.25, -0.2) is 0 Å². The maximum Gasteiger partial charge on any atom is 0.189 e. The van der Waals surface area contributed by atoms with Crippen LogP contribution in [0.4, 0.5) is 10.7 Å². The van der Waals surface area contributed by atoms with E-state index in [2.05, 4.69) is 79.9 Å². The molecule has 4 heterocycles. The van der Waals surface area contributed by atoms with E-state index in [9.17, 15) is 0 Å². The Kier molecular flexibility index (Phi) is 8.64. The molecule has 1 aliphatic rings. The van der Waals surface area contributed by atoms with Gasteiger partial charge in [-0.05, 0) is 62.1 Å². The van der Waals surface area contributed by atoms with Crippen LogP contribution >= 0.6 is 11.3 Å². The highest BCUT2D eigenvalue weighted by atomic mass is 32.1. The summed E-state index contributed by atoms with van der Waals surface area (Å²) in [5, 5.41) is 16.9. The summed E-state index contributed by atoms with van der Waals surface area (Å²) in [4.78, 5) is 6.19. The molecule has 0 spiro atoms. The summed E-state index contributed by atoms with van der Waals surface area (Å²) in [7, 11) is 1.71. The van der Waals surface area contributed by atoms with E-state index < -0.39 is 0 Å². The number of hydrogen-bond acceptors (Lipinski definition) is 7. The van der Waals surface area contributed by atoms with E-state index in [0.29, 0.717) is 0 Å². The molecule has 0 N–H and O–H groups in total. The van der Waals surface area contributed by atoms with E-state index >= 15 is 0 Å². The summed E-state index contributed by atoms with van der Waals surface area (Å²) in [6, 6.07) is 10.9. The third-order valence-corrected chi connectivity index (χ3v) is 8.81. The first kappa shape index (κ1) is 28.4. The Morgan fingerprint density at radius 1 is 1.00 bits per heavy atom. The lowest BCUT2D eigenvalue weighted by Gasteiger charge is -2.22. The van der Waals surface area contributed by atoms with Crippen LogP contribution in [-0.4, -0.2) is 53.1 Å². The molecule has 214 valence electrons. The number of nitrogens with zero attached hydrogens (tertiary/aromatic N) is 6. The molecule has 8 heteroatoms. The SMILES string of the molecule is CCCCN(CCCC)c1ccc(C=c2c(C(C)(C)C)nn3c(-c4cc(N5CCCC5)ccc4OC)nnc23)s1. The quantitative estimate of drug-likeness (QED) is 0.203. The number of anilines is 2. The minimum absolute atomic E-state index is 0.153. The molecule has 1 saturated heterocycles. The van der Waals surface area contributed by atoms with E-state index in [-0.39, 0.29) is 5.41 Å². The second-order valence-electron chi connectivity index (χ2n) is 11.9. The van der Waals surface area contributed by atoms with Crippen LogP contribution in [0.2, 0.25) is 0 Å². The number of fused-ring (bicyclic) bond motifs is 1. The molecule has 5 rings (SSSR count). The maximum absolute atomic E-state index is 5.78. The largest absolute Gasteiger partial charge is 0.496 e. The molecule has 4 aromatic rings. The molecule has 0 saturated carbocycles. The number of methoxy groups -OCH3 is 1. The van der Waals surface area contributed by atoms with Crippen LogP contribution in [0.25, 0.3) is 23.1 Å². The van der Waals surface area contributed by atoms with Crippen molar-refractivity contribution in [1.29, 1.82) is 0 Å². The van der Waals surface area contributed by atoms with Crippen LogP contribution in [0.3, 0.4) is 0 Å². The Morgan fingerprint density at radius 2 is 1.73 bits per heavy atom. The number of hydrogen-bond donors (Lipinski definition) is 0. The van der Waals surface area contributed by atoms with Crippen molar-refractivity contribution in [1.82, 2.24) is 19.8 Å². The van der Waals surface area contributed by atoms with Crippen molar-refractivity contribution in [3.63, 3.8) is 0 Å². The number of benzene rings is 1. The zero-order chi connectivity index (χ0) is 28.3. The minimum atomic E-state index is -0.153. The molecule has 3 aromatic heterocycles. The van der Waals surface area contributed by atoms with E-state index in [0.717, 1.165) is 59.9 Å². The normalized spacial score (nSPS) is 14.6. The molecule has 0 atom stereocenters. The smallest absolute Gasteiger partial charge is 0.189 e. The Morgan fingerprint density at radius 3 is 2.38 bits per heavy atom. The van der Waals surface area contributed by atoms with Crippen LogP contribution in [-0.2, 0) is 5.41 Å². The lowest BCUT2D eigenvalue weighted by atomic mass is 9.91. The summed E-state index contributed by atoms with van der Waals surface area (Å²) in [6.07, 6.45) is 9.56. The van der Waals surface area contributed by atoms with Gasteiger partial charge in [-0.15, -0.1) is 21.5 Å². The van der Waals surface area contributed by atoms with Crippen LogP contribution in [0, 0.1) is 0 Å². The molecule has 7 nitrogen and oxygen atoms in total. The van der Waals surface area contributed by atoms with Crippen molar-refractivity contribution in [2.24, 2.45) is 0 Å². The van der Waals surface area contributed by atoms with Gasteiger partial charge in [0, 0.05) is 47.4 Å². The van der Waals surface area contributed by atoms with E-state index in [1.165, 1.54) is 54.1 Å². The fourth-order valence-corrected chi connectivity index (χ4v) is 6.46. The Bertz CT molecular complexity index is 1470. The zero-order valence-corrected chi connectivity index (χ0v) is 25.9. The fourth-order valence-electron chi connectivity index (χ4n) is 5.46. The number of unbranched alkanes of at least 4 members (excludes halogenated alkanes) is 2. The number of thiophene rings is 1. The Balaban J connectivity index is 1.59. The van der Waals surface area contributed by atoms with E-state index in [1.54, 1.807) is 7.11 Å². The fraction of sp³-hybridized carbons (Fsp3) is 0.531. The first-order chi connectivity index (χ1) is 19.3. The lowest BCUT2D eigenvalue weighted by molar-refractivity contribution is 0.416. The second-order valence-corrected chi connectivity index (χ2v) is 13.0. The summed E-state index contributed by atoms with van der Waals surface area (Å²) >= 11 is 1.85. The van der Waals surface area contributed by atoms with Crippen molar-refractivity contribution in [2.75, 3.05) is 43.1 Å². The number of rotatable bonds is 11. The van der Waals surface area contributed by atoms with E-state index in [1.807, 2.05) is 21.9 Å². The van der Waals surface area contributed by atoms with Gasteiger partial charge in [0.15, 0.2) is 11.5 Å². The third-order valence-electron chi connectivity index (χ3n) is 7.72. The molecule has 1 aromatic carbocycles. The monoisotopic (exact) mass is 560 g/mol. The maximum atomic E-state index is 5.78. The summed E-state index contributed by atoms with van der Waals surface area (Å²) < 4.78 is 7.70. The molecule has 0 radical (unpaired) electrons. The lowest BCUT2D eigenvalue weighted by Crippen LogP contribution is -2.24. The van der Waals surface area contributed by atoms with Crippen LogP contribution < -0.4 is 19.8 Å². The first-order valence-electron chi connectivity index (χ1n) is 14.9. The average Bonchev–Trinajstić information content (AvgIpc) is 3.74. The molecule has 0 amide bonds. The molecule has 1 fully saturated rings. The topological polar surface area (TPSA) is 58.8 Å². The van der Waals surface area contributed by atoms with Gasteiger partial charge >= 0.3 is 0 Å². The molecule has 1 aliphatic heterocycles. The highest BCUT2D eigenvalue weighted by Crippen LogP contribution is 2.34. The van der Waals surface area contributed by atoms with E-state index in [4.69, 9.17) is 14.9 Å². The van der Waals surface area contributed by atoms with Gasteiger partial charge in [0.05, 0.1) is 23.4 Å². The molecule has 0 bridgehead atoms. The van der Waals surface area contributed by atoms with Gasteiger partial charge in [0.25, 0.3) is 0 Å². The molecular formula is C32H44N6OS. The molecule has 40 heavy (non-hydrogen) atoms. The Hall–Kier alpha value is -3.13. The van der Waals surface area contributed by atoms with Crippen LogP contribution in [0.1, 0.15) is 83.7 Å². The van der Waals surface area contributed by atoms with Crippen LogP contribution in [0.15, 0.2) is 30.3 Å². The molecule has 0 aliphatic carbocycles. The third kappa shape index (κ3) is 5.82. The number of ether oxygens (including phenoxy) is 1. The first-order valence-corrected chi connectivity index (χ1v) is 15.7. The predicted molar refractivity (Wildman–Crippen MR) is 168 cm³/mol. The highest BCUT2D eigenvalue weighted by Gasteiger charge is 2.26. The van der Waals surface area contributed by atoms with Gasteiger partial charge in [-0.3, -0.25) is 0 Å². The highest BCUT2D eigenvalue weighted by molar-refractivity contribution is 7.16. The van der Waals surface area contributed by atoms with Crippen molar-refractivity contribution >= 4 is 33.7 Å². The summed E-state index contributed by atoms with van der Waals surface area (Å²) in [5.41, 5.74) is 3.78. The Labute approximate surface area is 242 Å². The predicted octanol–water partition coefficient (Wildman–Crippen LogP) is 6.71. The van der Waals surface area contributed by atoms with Crippen LogP contribution in [0.5, 0.6) is 5.75 Å². The molecule has 0 unspecified atom stereocenters. The van der Waals surface area contributed by atoms with Gasteiger partial charge < -0.3 is 14.5 Å². The zero-order valence-electron chi connectivity index (χ0n) is 25.0. The molecular weight excluding hydrogens is 516 g/mol. The average molecular weight is 561 g/mol. The van der Waals surface area contributed by atoms with Crippen molar-refractivity contribution in [2.45, 2.75) is 78.6 Å². The van der Waals surface area contributed by atoms with Gasteiger partial charge in [0.2, 0.25) is 0 Å². The minimum Gasteiger partial charge on any atom is -0.496 e. The van der Waals surface area contributed by atoms with Crippen molar-refractivity contribution in [3.8, 4) is 17.1 Å². The second kappa shape index (κ2) is 12.2. The summed E-state index contributed by atoms with van der Waals surface area (Å²) in [6.45, 7) is 15.5. The summed E-state index contributed by atoms with van der Waals surface area (Å²) in [5.74, 6) is 1.50. The van der Waals surface area contributed by atoms with Gasteiger partial charge in [0.1, 0.15) is 5.75 Å². The standard InChI is InChI=1S/C32H44N6OS/c1-7-9-17-37(18-10-8-2)28-16-14-24(40-28)22-26-29(32(3,4)5)35-38-30(33-34-31(26)38)25-21-23(13-15-27(25)39-6)36-19-11-12-20-36/h13-16,21-22H,7-12,17-20H2,1-6H3. The van der Waals surface area contributed by atoms with Gasteiger partial charge in [-0.1, -0.05) is 47.5 Å². The van der Waals surface area contributed by atoms with Gasteiger partial charge in [-0.2, -0.15) is 9.61 Å².